The minimum atomic E-state index is -1.01. The van der Waals surface area contributed by atoms with Crippen LogP contribution >= 0.6 is 0 Å². The molecule has 0 unspecified atom stereocenters. The van der Waals surface area contributed by atoms with E-state index in [0.717, 1.165) is 36.8 Å². The smallest absolute Gasteiger partial charge is 0.347 e. The van der Waals surface area contributed by atoms with E-state index in [4.69, 9.17) is 14.2 Å². The third-order valence-corrected chi connectivity index (χ3v) is 6.14. The number of benzene rings is 3. The number of hydrogen-bond acceptors (Lipinski definition) is 6. The van der Waals surface area contributed by atoms with E-state index in [1.165, 1.54) is 49.6 Å². The van der Waals surface area contributed by atoms with Crippen molar-refractivity contribution in [2.75, 3.05) is 6.61 Å². The van der Waals surface area contributed by atoms with Crippen molar-refractivity contribution >= 4 is 17.9 Å². The Balaban J connectivity index is 1.52. The summed E-state index contributed by atoms with van der Waals surface area (Å²) in [6, 6.07) is 21.7. The predicted octanol–water partition coefficient (Wildman–Crippen LogP) is 7.19. The Hall–Kier alpha value is -3.93. The zero-order valence-electron chi connectivity index (χ0n) is 22.4. The topological polar surface area (TPSA) is 78.9 Å². The maximum Gasteiger partial charge on any atom is 0.347 e. The number of unbranched alkanes of at least 4 members (excludes halogenated alkanes) is 3. The number of hydrogen-bond donors (Lipinski definition) is 0. The molecule has 200 valence electrons. The molecular weight excluding hydrogens is 480 g/mol. The average molecular weight is 517 g/mol. The fourth-order valence-corrected chi connectivity index (χ4v) is 3.79. The summed E-state index contributed by atoms with van der Waals surface area (Å²) < 4.78 is 15.8. The molecule has 0 aromatic heterocycles. The summed E-state index contributed by atoms with van der Waals surface area (Å²) in [4.78, 5) is 37.0. The van der Waals surface area contributed by atoms with Crippen molar-refractivity contribution in [3.05, 3.63) is 89.5 Å². The van der Waals surface area contributed by atoms with E-state index in [1.54, 1.807) is 12.1 Å². The van der Waals surface area contributed by atoms with Gasteiger partial charge < -0.3 is 14.2 Å². The van der Waals surface area contributed by atoms with Gasteiger partial charge in [0.1, 0.15) is 5.75 Å². The number of rotatable bonds is 13. The van der Waals surface area contributed by atoms with Crippen LogP contribution in [-0.4, -0.2) is 30.6 Å². The van der Waals surface area contributed by atoms with Gasteiger partial charge in [-0.2, -0.15) is 0 Å². The van der Waals surface area contributed by atoms with Crippen LogP contribution < -0.4 is 4.74 Å². The molecule has 1 atom stereocenters. The van der Waals surface area contributed by atoms with Crippen molar-refractivity contribution in [1.82, 2.24) is 0 Å². The van der Waals surface area contributed by atoms with E-state index in [2.05, 4.69) is 38.1 Å². The Bertz CT molecular complexity index is 1180. The quantitative estimate of drug-likeness (QED) is 0.136. The summed E-state index contributed by atoms with van der Waals surface area (Å²) in [6.45, 7) is 6.03. The van der Waals surface area contributed by atoms with Crippen LogP contribution in [0.2, 0.25) is 0 Å². The molecule has 6 heteroatoms. The molecule has 0 spiro atoms. The van der Waals surface area contributed by atoms with Crippen LogP contribution in [0.25, 0.3) is 11.1 Å². The molecule has 3 aromatic carbocycles. The van der Waals surface area contributed by atoms with Crippen LogP contribution in [0.5, 0.6) is 5.75 Å². The van der Waals surface area contributed by atoms with Gasteiger partial charge in [0.15, 0.2) is 6.10 Å². The zero-order chi connectivity index (χ0) is 27.3. The second-order valence-electron chi connectivity index (χ2n) is 9.21. The van der Waals surface area contributed by atoms with Crippen LogP contribution in [0.4, 0.5) is 0 Å². The van der Waals surface area contributed by atoms with Gasteiger partial charge in [-0.15, -0.1) is 0 Å². The highest BCUT2D eigenvalue weighted by Crippen LogP contribution is 2.22. The first-order valence-corrected chi connectivity index (χ1v) is 13.3. The Morgan fingerprint density at radius 1 is 0.684 bits per heavy atom. The van der Waals surface area contributed by atoms with Gasteiger partial charge in [-0.05, 0) is 79.3 Å². The molecule has 0 heterocycles. The number of aryl methyl sites for hydroxylation is 1. The van der Waals surface area contributed by atoms with E-state index in [0.29, 0.717) is 17.9 Å². The Kier molecular flexibility index (Phi) is 11.1. The molecule has 38 heavy (non-hydrogen) atoms. The van der Waals surface area contributed by atoms with E-state index >= 15 is 0 Å². The fraction of sp³-hybridized carbons (Fsp3) is 0.344. The summed E-state index contributed by atoms with van der Waals surface area (Å²) in [5.74, 6) is -1.44. The van der Waals surface area contributed by atoms with Gasteiger partial charge >= 0.3 is 17.9 Å². The lowest BCUT2D eigenvalue weighted by atomic mass is 10.0. The lowest BCUT2D eigenvalue weighted by Gasteiger charge is -2.13. The molecule has 0 aliphatic carbocycles. The highest BCUT2D eigenvalue weighted by Gasteiger charge is 2.20. The van der Waals surface area contributed by atoms with Crippen LogP contribution in [0.3, 0.4) is 0 Å². The average Bonchev–Trinajstić information content (AvgIpc) is 2.94. The Labute approximate surface area is 224 Å². The third kappa shape index (κ3) is 8.58. The number of carbonyl (C=O) groups excluding carboxylic acids is 3. The molecular formula is C32H36O6. The second kappa shape index (κ2) is 14.7. The molecule has 0 bridgehead atoms. The molecule has 0 fully saturated rings. The van der Waals surface area contributed by atoms with Crippen molar-refractivity contribution in [1.29, 1.82) is 0 Å². The van der Waals surface area contributed by atoms with Crippen molar-refractivity contribution in [2.45, 2.75) is 65.4 Å². The number of carbonyl (C=O) groups is 3. The molecule has 0 radical (unpaired) electrons. The predicted molar refractivity (Wildman–Crippen MR) is 147 cm³/mol. The van der Waals surface area contributed by atoms with E-state index in [9.17, 15) is 14.4 Å². The summed E-state index contributed by atoms with van der Waals surface area (Å²) in [5.41, 5.74) is 4.09. The van der Waals surface area contributed by atoms with Crippen LogP contribution in [0.1, 0.15) is 79.2 Å². The first-order valence-electron chi connectivity index (χ1n) is 13.3. The van der Waals surface area contributed by atoms with Gasteiger partial charge in [-0.25, -0.2) is 14.4 Å². The Morgan fingerprint density at radius 2 is 1.24 bits per heavy atom. The van der Waals surface area contributed by atoms with Crippen molar-refractivity contribution in [3.8, 4) is 16.9 Å². The van der Waals surface area contributed by atoms with Gasteiger partial charge in [0.25, 0.3) is 0 Å². The monoisotopic (exact) mass is 516 g/mol. The largest absolute Gasteiger partial charge is 0.463 e. The highest BCUT2D eigenvalue weighted by atomic mass is 16.6. The van der Waals surface area contributed by atoms with Crippen molar-refractivity contribution in [2.24, 2.45) is 0 Å². The molecule has 6 nitrogen and oxygen atoms in total. The number of ether oxygens (including phenoxy) is 3. The van der Waals surface area contributed by atoms with Crippen LogP contribution in [0, 0.1) is 0 Å². The van der Waals surface area contributed by atoms with Gasteiger partial charge in [0.05, 0.1) is 17.7 Å². The molecule has 0 aliphatic heterocycles. The lowest BCUT2D eigenvalue weighted by Crippen LogP contribution is -2.26. The molecule has 0 N–H and O–H groups in total. The maximum absolute atomic E-state index is 12.6. The van der Waals surface area contributed by atoms with Crippen LogP contribution in [0.15, 0.2) is 72.8 Å². The third-order valence-electron chi connectivity index (χ3n) is 6.14. The standard InChI is InChI=1S/C32H36O6/c1-4-6-8-22-36-30(33)23(3)37-31(34)28-18-20-29(21-19-28)38-32(35)27-16-14-26(15-17-27)25-12-10-24(11-13-25)9-7-5-2/h10-21,23H,4-9,22H2,1-3H3/t23-/m0/s1. The van der Waals surface area contributed by atoms with Crippen molar-refractivity contribution in [3.63, 3.8) is 0 Å². The lowest BCUT2D eigenvalue weighted by molar-refractivity contribution is -0.153. The molecule has 3 aromatic rings. The highest BCUT2D eigenvalue weighted by molar-refractivity contribution is 5.93. The SMILES string of the molecule is CCCCCOC(=O)[C@H](C)OC(=O)c1ccc(OC(=O)c2ccc(-c3ccc(CCCC)cc3)cc2)cc1. The molecule has 0 amide bonds. The Morgan fingerprint density at radius 3 is 1.84 bits per heavy atom. The van der Waals surface area contributed by atoms with E-state index < -0.39 is 24.0 Å². The first kappa shape index (κ1) is 28.6. The maximum atomic E-state index is 12.6. The fourth-order valence-electron chi connectivity index (χ4n) is 3.79. The number of esters is 3. The molecule has 0 saturated carbocycles. The molecule has 0 saturated heterocycles. The van der Waals surface area contributed by atoms with Crippen LogP contribution in [-0.2, 0) is 20.7 Å². The van der Waals surface area contributed by atoms with Crippen molar-refractivity contribution < 1.29 is 28.6 Å². The first-order chi connectivity index (χ1) is 18.4. The van der Waals surface area contributed by atoms with Gasteiger partial charge in [0, 0.05) is 0 Å². The second-order valence-corrected chi connectivity index (χ2v) is 9.21. The normalized spacial score (nSPS) is 11.4. The van der Waals surface area contributed by atoms with Gasteiger partial charge in [0.2, 0.25) is 0 Å². The van der Waals surface area contributed by atoms with E-state index in [-0.39, 0.29) is 5.56 Å². The summed E-state index contributed by atoms with van der Waals surface area (Å²) in [5, 5.41) is 0. The zero-order valence-corrected chi connectivity index (χ0v) is 22.4. The minimum absolute atomic E-state index is 0.237. The van der Waals surface area contributed by atoms with Gasteiger partial charge in [-0.3, -0.25) is 0 Å². The summed E-state index contributed by atoms with van der Waals surface area (Å²) in [6.07, 6.45) is 5.19. The molecule has 3 rings (SSSR count). The molecule has 0 aliphatic rings. The minimum Gasteiger partial charge on any atom is -0.463 e. The van der Waals surface area contributed by atoms with Gasteiger partial charge in [-0.1, -0.05) is 69.5 Å². The van der Waals surface area contributed by atoms with E-state index in [1.807, 2.05) is 12.1 Å². The summed E-state index contributed by atoms with van der Waals surface area (Å²) in [7, 11) is 0. The summed E-state index contributed by atoms with van der Waals surface area (Å²) >= 11 is 0.